The summed E-state index contributed by atoms with van der Waals surface area (Å²) in [7, 11) is 1.50. The highest BCUT2D eigenvalue weighted by Gasteiger charge is 2.31. The van der Waals surface area contributed by atoms with Crippen molar-refractivity contribution in [2.75, 3.05) is 12.8 Å². The van der Waals surface area contributed by atoms with Crippen LogP contribution in [0.1, 0.15) is 0 Å². The molecule has 2 rings (SSSR count). The normalized spacial score (nSPS) is 11.2. The van der Waals surface area contributed by atoms with E-state index in [1.165, 1.54) is 37.1 Å². The van der Waals surface area contributed by atoms with Gasteiger partial charge in [0.1, 0.15) is 11.5 Å². The summed E-state index contributed by atoms with van der Waals surface area (Å²) in [5.41, 5.74) is 6.20. The van der Waals surface area contributed by atoms with Gasteiger partial charge in [-0.2, -0.15) is 0 Å². The number of nitrogen functional groups attached to an aromatic ring is 1. The number of ether oxygens (including phenoxy) is 2. The molecule has 0 fully saturated rings. The second kappa shape index (κ2) is 6.17. The molecule has 0 saturated heterocycles. The number of anilines is 1. The van der Waals surface area contributed by atoms with Crippen LogP contribution in [0.3, 0.4) is 0 Å². The highest BCUT2D eigenvalue weighted by atomic mass is 32.2. The molecule has 21 heavy (non-hydrogen) atoms. The number of alkyl halides is 3. The summed E-state index contributed by atoms with van der Waals surface area (Å²) in [5.74, 6) is 0.262. The van der Waals surface area contributed by atoms with Gasteiger partial charge in [0.15, 0.2) is 0 Å². The average Bonchev–Trinajstić information content (AvgIpc) is 2.39. The van der Waals surface area contributed by atoms with Crippen molar-refractivity contribution in [2.45, 2.75) is 16.2 Å². The number of halogens is 3. The third-order valence-corrected chi connectivity index (χ3v) is 3.46. The quantitative estimate of drug-likeness (QED) is 0.853. The monoisotopic (exact) mass is 315 g/mol. The van der Waals surface area contributed by atoms with E-state index in [-0.39, 0.29) is 5.75 Å². The van der Waals surface area contributed by atoms with Crippen LogP contribution in [-0.4, -0.2) is 13.5 Å². The fourth-order valence-electron chi connectivity index (χ4n) is 1.63. The fourth-order valence-corrected chi connectivity index (χ4v) is 2.52. The summed E-state index contributed by atoms with van der Waals surface area (Å²) in [6, 6.07) is 10.9. The zero-order valence-corrected chi connectivity index (χ0v) is 11.8. The summed E-state index contributed by atoms with van der Waals surface area (Å²) in [5, 5.41) is 0. The Balaban J connectivity index is 2.18. The highest BCUT2D eigenvalue weighted by molar-refractivity contribution is 7.99. The topological polar surface area (TPSA) is 44.5 Å². The van der Waals surface area contributed by atoms with Gasteiger partial charge in [-0.3, -0.25) is 0 Å². The molecule has 0 spiro atoms. The average molecular weight is 315 g/mol. The molecule has 0 aliphatic rings. The summed E-state index contributed by atoms with van der Waals surface area (Å²) in [6.45, 7) is 0. The van der Waals surface area contributed by atoms with Gasteiger partial charge in [-0.15, -0.1) is 13.2 Å². The van der Waals surface area contributed by atoms with Crippen LogP contribution < -0.4 is 15.2 Å². The molecule has 2 N–H and O–H groups in total. The Kier molecular flexibility index (Phi) is 4.52. The van der Waals surface area contributed by atoms with Gasteiger partial charge in [0.05, 0.1) is 12.8 Å². The SMILES string of the molecule is COc1cc(Sc2cccc(OC(F)(F)F)c2)ccc1N. The summed E-state index contributed by atoms with van der Waals surface area (Å²) in [4.78, 5) is 1.41. The van der Waals surface area contributed by atoms with Crippen molar-refractivity contribution < 1.29 is 22.6 Å². The van der Waals surface area contributed by atoms with Gasteiger partial charge in [-0.05, 0) is 36.4 Å². The molecule has 2 aromatic carbocycles. The Morgan fingerprint density at radius 3 is 2.43 bits per heavy atom. The number of nitrogens with two attached hydrogens (primary N) is 1. The Labute approximate surface area is 123 Å². The second-order valence-corrected chi connectivity index (χ2v) is 5.18. The lowest BCUT2D eigenvalue weighted by molar-refractivity contribution is -0.274. The number of benzene rings is 2. The zero-order valence-electron chi connectivity index (χ0n) is 11.0. The molecule has 0 aliphatic carbocycles. The number of methoxy groups -OCH3 is 1. The number of rotatable bonds is 4. The minimum absolute atomic E-state index is 0.255. The minimum Gasteiger partial charge on any atom is -0.495 e. The van der Waals surface area contributed by atoms with Crippen LogP contribution in [0, 0.1) is 0 Å². The predicted molar refractivity (Wildman–Crippen MR) is 74.7 cm³/mol. The molecule has 0 amide bonds. The van der Waals surface area contributed by atoms with Gasteiger partial charge >= 0.3 is 6.36 Å². The molecule has 0 aliphatic heterocycles. The van der Waals surface area contributed by atoms with Crippen molar-refractivity contribution >= 4 is 17.4 Å². The third-order valence-electron chi connectivity index (χ3n) is 2.48. The molecule has 0 heterocycles. The third kappa shape index (κ3) is 4.49. The molecule has 7 heteroatoms. The lowest BCUT2D eigenvalue weighted by Gasteiger charge is -2.10. The van der Waals surface area contributed by atoms with Crippen LogP contribution in [-0.2, 0) is 0 Å². The highest BCUT2D eigenvalue weighted by Crippen LogP contribution is 2.35. The fraction of sp³-hybridized carbons (Fsp3) is 0.143. The first-order valence-corrected chi connectivity index (χ1v) is 6.66. The number of hydrogen-bond donors (Lipinski definition) is 1. The van der Waals surface area contributed by atoms with Gasteiger partial charge in [0.25, 0.3) is 0 Å². The molecule has 3 nitrogen and oxygen atoms in total. The molecule has 0 bridgehead atoms. The maximum atomic E-state index is 12.2. The standard InChI is InChI=1S/C14H12F3NO2S/c1-19-13-8-11(5-6-12(13)18)21-10-4-2-3-9(7-10)20-14(15,16)17/h2-8H,18H2,1H3. The maximum absolute atomic E-state index is 12.2. The van der Waals surface area contributed by atoms with E-state index in [9.17, 15) is 13.2 Å². The van der Waals surface area contributed by atoms with Crippen LogP contribution >= 0.6 is 11.8 Å². The van der Waals surface area contributed by atoms with Crippen molar-refractivity contribution in [1.29, 1.82) is 0 Å². The van der Waals surface area contributed by atoms with Crippen molar-refractivity contribution in [3.05, 3.63) is 42.5 Å². The smallest absolute Gasteiger partial charge is 0.495 e. The Morgan fingerprint density at radius 1 is 1.05 bits per heavy atom. The predicted octanol–water partition coefficient (Wildman–Crippen LogP) is 4.33. The van der Waals surface area contributed by atoms with Gasteiger partial charge in [0.2, 0.25) is 0 Å². The van der Waals surface area contributed by atoms with Crippen LogP contribution in [0.15, 0.2) is 52.3 Å². The van der Waals surface area contributed by atoms with Crippen molar-refractivity contribution in [3.63, 3.8) is 0 Å². The molecule has 0 atom stereocenters. The van der Waals surface area contributed by atoms with E-state index in [1.54, 1.807) is 24.3 Å². The van der Waals surface area contributed by atoms with Crippen molar-refractivity contribution in [3.8, 4) is 11.5 Å². The number of hydrogen-bond acceptors (Lipinski definition) is 4. The summed E-state index contributed by atoms with van der Waals surface area (Å²) < 4.78 is 45.5. The zero-order chi connectivity index (χ0) is 15.5. The molecule has 0 aromatic heterocycles. The Bertz CT molecular complexity index is 632. The first kappa shape index (κ1) is 15.4. The van der Waals surface area contributed by atoms with Gasteiger partial charge < -0.3 is 15.2 Å². The maximum Gasteiger partial charge on any atom is 0.573 e. The molecule has 0 unspecified atom stereocenters. The Hall–Kier alpha value is -2.02. The molecular weight excluding hydrogens is 303 g/mol. The van der Waals surface area contributed by atoms with E-state index in [4.69, 9.17) is 10.5 Å². The molecule has 2 aromatic rings. The van der Waals surface area contributed by atoms with Gasteiger partial charge in [-0.25, -0.2) is 0 Å². The van der Waals surface area contributed by atoms with Crippen LogP contribution in [0.25, 0.3) is 0 Å². The largest absolute Gasteiger partial charge is 0.573 e. The lowest BCUT2D eigenvalue weighted by atomic mass is 10.3. The lowest BCUT2D eigenvalue weighted by Crippen LogP contribution is -2.17. The van der Waals surface area contributed by atoms with Gasteiger partial charge in [0, 0.05) is 9.79 Å². The van der Waals surface area contributed by atoms with Crippen LogP contribution in [0.2, 0.25) is 0 Å². The van der Waals surface area contributed by atoms with Crippen LogP contribution in [0.5, 0.6) is 11.5 Å². The molecule has 0 radical (unpaired) electrons. The summed E-state index contributed by atoms with van der Waals surface area (Å²) >= 11 is 1.28. The van der Waals surface area contributed by atoms with E-state index < -0.39 is 6.36 Å². The first-order chi connectivity index (χ1) is 9.87. The van der Waals surface area contributed by atoms with E-state index in [0.717, 1.165) is 4.90 Å². The van der Waals surface area contributed by atoms with Crippen LogP contribution in [0.4, 0.5) is 18.9 Å². The molecule has 0 saturated carbocycles. The molecular formula is C14H12F3NO2S. The van der Waals surface area contributed by atoms with Crippen molar-refractivity contribution in [2.24, 2.45) is 0 Å². The van der Waals surface area contributed by atoms with Gasteiger partial charge in [-0.1, -0.05) is 17.8 Å². The second-order valence-electron chi connectivity index (χ2n) is 4.03. The summed E-state index contributed by atoms with van der Waals surface area (Å²) in [6.07, 6.45) is -4.70. The van der Waals surface area contributed by atoms with E-state index in [1.807, 2.05) is 0 Å². The van der Waals surface area contributed by atoms with E-state index in [0.29, 0.717) is 16.3 Å². The van der Waals surface area contributed by atoms with E-state index in [2.05, 4.69) is 4.74 Å². The first-order valence-electron chi connectivity index (χ1n) is 5.84. The minimum atomic E-state index is -4.70. The Morgan fingerprint density at radius 2 is 1.76 bits per heavy atom. The van der Waals surface area contributed by atoms with E-state index >= 15 is 0 Å². The molecule has 112 valence electrons. The van der Waals surface area contributed by atoms with Crippen molar-refractivity contribution in [1.82, 2.24) is 0 Å².